The van der Waals surface area contributed by atoms with E-state index < -0.39 is 5.91 Å². The van der Waals surface area contributed by atoms with Crippen molar-refractivity contribution in [3.8, 4) is 5.75 Å². The molecule has 0 bridgehead atoms. The Hall–Kier alpha value is -1.71. The summed E-state index contributed by atoms with van der Waals surface area (Å²) >= 11 is 11.8. The maximum Gasteiger partial charge on any atom is 0.259 e. The zero-order chi connectivity index (χ0) is 14.7. The fourth-order valence-corrected chi connectivity index (χ4v) is 2.20. The minimum Gasteiger partial charge on any atom is -0.507 e. The van der Waals surface area contributed by atoms with Gasteiger partial charge in [0.1, 0.15) is 5.75 Å². The highest BCUT2D eigenvalue weighted by molar-refractivity contribution is 6.31. The molecule has 3 nitrogen and oxygen atoms in total. The van der Waals surface area contributed by atoms with E-state index in [4.69, 9.17) is 23.2 Å². The molecule has 1 atom stereocenters. The number of carbonyl (C=O) groups excluding carboxylic acids is 1. The van der Waals surface area contributed by atoms with Crippen molar-refractivity contribution in [1.29, 1.82) is 0 Å². The zero-order valence-corrected chi connectivity index (χ0v) is 12.2. The molecule has 5 heteroatoms. The van der Waals surface area contributed by atoms with Gasteiger partial charge in [-0.15, -0.1) is 11.6 Å². The Kier molecular flexibility index (Phi) is 4.53. The smallest absolute Gasteiger partial charge is 0.259 e. The number of aromatic hydroxyl groups is 1. The molecule has 20 heavy (non-hydrogen) atoms. The molecule has 2 rings (SSSR count). The van der Waals surface area contributed by atoms with Gasteiger partial charge in [0.05, 0.1) is 10.9 Å². The predicted octanol–water partition coefficient (Wildman–Crippen LogP) is 4.60. The average Bonchev–Trinajstić information content (AvgIpc) is 2.38. The lowest BCUT2D eigenvalue weighted by Crippen LogP contribution is -2.13. The summed E-state index contributed by atoms with van der Waals surface area (Å²) in [4.78, 5) is 12.2. The molecule has 2 aromatic carbocycles. The highest BCUT2D eigenvalue weighted by Gasteiger charge is 2.14. The molecule has 1 amide bonds. The van der Waals surface area contributed by atoms with Gasteiger partial charge in [-0.05, 0) is 36.8 Å². The Bertz CT molecular complexity index is 642. The monoisotopic (exact) mass is 309 g/mol. The molecule has 0 saturated carbocycles. The number of amides is 1. The number of hydrogen-bond acceptors (Lipinski definition) is 2. The van der Waals surface area contributed by atoms with Crippen molar-refractivity contribution in [2.45, 2.75) is 12.3 Å². The Morgan fingerprint density at radius 3 is 2.60 bits per heavy atom. The molecular weight excluding hydrogens is 297 g/mol. The van der Waals surface area contributed by atoms with E-state index >= 15 is 0 Å². The fourth-order valence-electron chi connectivity index (χ4n) is 1.84. The van der Waals surface area contributed by atoms with E-state index in [1.54, 1.807) is 18.2 Å². The Labute approximate surface area is 127 Å². The Morgan fingerprint density at radius 1 is 1.25 bits per heavy atom. The van der Waals surface area contributed by atoms with Gasteiger partial charge >= 0.3 is 0 Å². The van der Waals surface area contributed by atoms with Gasteiger partial charge in [-0.3, -0.25) is 4.79 Å². The molecule has 0 fully saturated rings. The molecule has 104 valence electrons. The van der Waals surface area contributed by atoms with Crippen LogP contribution in [0, 0.1) is 0 Å². The Balaban J connectivity index is 2.28. The van der Waals surface area contributed by atoms with E-state index in [1.807, 2.05) is 19.1 Å². The van der Waals surface area contributed by atoms with Gasteiger partial charge in [0.15, 0.2) is 0 Å². The van der Waals surface area contributed by atoms with Gasteiger partial charge in [-0.1, -0.05) is 29.8 Å². The van der Waals surface area contributed by atoms with Crippen molar-refractivity contribution in [1.82, 2.24) is 0 Å². The molecule has 2 N–H and O–H groups in total. The first-order valence-corrected chi connectivity index (χ1v) is 6.83. The van der Waals surface area contributed by atoms with Gasteiger partial charge in [0.2, 0.25) is 0 Å². The van der Waals surface area contributed by atoms with Gasteiger partial charge < -0.3 is 10.4 Å². The third kappa shape index (κ3) is 3.24. The Morgan fingerprint density at radius 2 is 1.95 bits per heavy atom. The minimum atomic E-state index is -0.413. The molecule has 0 saturated heterocycles. The number of hydrogen-bond donors (Lipinski definition) is 2. The zero-order valence-electron chi connectivity index (χ0n) is 10.7. The summed E-state index contributed by atoms with van der Waals surface area (Å²) < 4.78 is 0. The molecule has 1 unspecified atom stereocenters. The lowest BCUT2D eigenvalue weighted by Gasteiger charge is -2.13. The maximum atomic E-state index is 12.2. The second kappa shape index (κ2) is 6.16. The number of nitrogens with one attached hydrogen (secondary N) is 1. The largest absolute Gasteiger partial charge is 0.507 e. The third-order valence-electron chi connectivity index (χ3n) is 2.84. The van der Waals surface area contributed by atoms with Crippen LogP contribution in [0.4, 0.5) is 5.69 Å². The van der Waals surface area contributed by atoms with E-state index in [9.17, 15) is 9.90 Å². The summed E-state index contributed by atoms with van der Waals surface area (Å²) in [6.45, 7) is 1.83. The van der Waals surface area contributed by atoms with Crippen molar-refractivity contribution in [2.75, 3.05) is 5.32 Å². The normalized spacial score (nSPS) is 11.9. The van der Waals surface area contributed by atoms with Crippen LogP contribution in [-0.2, 0) is 0 Å². The first-order valence-electron chi connectivity index (χ1n) is 6.02. The predicted molar refractivity (Wildman–Crippen MR) is 81.8 cm³/mol. The molecule has 2 aromatic rings. The summed E-state index contributed by atoms with van der Waals surface area (Å²) in [7, 11) is 0. The second-order valence-corrected chi connectivity index (χ2v) is 5.41. The molecular formula is C15H13Cl2NO2. The van der Waals surface area contributed by atoms with Crippen molar-refractivity contribution >= 4 is 34.8 Å². The molecule has 0 spiro atoms. The van der Waals surface area contributed by atoms with Crippen LogP contribution in [0.1, 0.15) is 28.2 Å². The summed E-state index contributed by atoms with van der Waals surface area (Å²) in [5.74, 6) is -0.574. The first kappa shape index (κ1) is 14.7. The van der Waals surface area contributed by atoms with Crippen LogP contribution in [-0.4, -0.2) is 11.0 Å². The number of halogens is 2. The van der Waals surface area contributed by atoms with Crippen LogP contribution in [0.3, 0.4) is 0 Å². The van der Waals surface area contributed by atoms with E-state index in [0.717, 1.165) is 5.56 Å². The maximum absolute atomic E-state index is 12.2. The lowest BCUT2D eigenvalue weighted by molar-refractivity contribution is 0.102. The molecule has 0 aromatic heterocycles. The number of rotatable bonds is 3. The van der Waals surface area contributed by atoms with Gasteiger partial charge in [-0.2, -0.15) is 0 Å². The van der Waals surface area contributed by atoms with Gasteiger partial charge in [0.25, 0.3) is 5.91 Å². The van der Waals surface area contributed by atoms with Crippen LogP contribution in [0.2, 0.25) is 5.02 Å². The number of carbonyl (C=O) groups is 1. The van der Waals surface area contributed by atoms with E-state index in [-0.39, 0.29) is 16.7 Å². The average molecular weight is 310 g/mol. The first-order chi connectivity index (χ1) is 9.49. The van der Waals surface area contributed by atoms with Crippen molar-refractivity contribution in [3.63, 3.8) is 0 Å². The van der Waals surface area contributed by atoms with E-state index in [1.165, 1.54) is 12.1 Å². The van der Waals surface area contributed by atoms with E-state index in [0.29, 0.717) is 10.7 Å². The highest BCUT2D eigenvalue weighted by atomic mass is 35.5. The van der Waals surface area contributed by atoms with Crippen molar-refractivity contribution in [2.24, 2.45) is 0 Å². The van der Waals surface area contributed by atoms with Gasteiger partial charge in [0, 0.05) is 10.7 Å². The van der Waals surface area contributed by atoms with Gasteiger partial charge in [-0.25, -0.2) is 0 Å². The van der Waals surface area contributed by atoms with Crippen LogP contribution in [0.5, 0.6) is 5.75 Å². The molecule has 0 heterocycles. The highest BCUT2D eigenvalue weighted by Crippen LogP contribution is 2.28. The van der Waals surface area contributed by atoms with Crippen LogP contribution < -0.4 is 5.32 Å². The minimum absolute atomic E-state index is 0.159. The van der Waals surface area contributed by atoms with Crippen LogP contribution in [0.25, 0.3) is 0 Å². The topological polar surface area (TPSA) is 49.3 Å². The molecule has 0 radical (unpaired) electrons. The SMILES string of the molecule is CC(Cl)c1ccccc1NC(=O)c1ccc(Cl)cc1O. The summed E-state index contributed by atoms with van der Waals surface area (Å²) in [5, 5.41) is 12.6. The number of phenolic OH excluding ortho intramolecular Hbond substituents is 1. The second-order valence-electron chi connectivity index (χ2n) is 4.32. The van der Waals surface area contributed by atoms with Crippen LogP contribution in [0.15, 0.2) is 42.5 Å². The summed E-state index contributed by atoms with van der Waals surface area (Å²) in [6, 6.07) is 11.6. The fraction of sp³-hybridized carbons (Fsp3) is 0.133. The molecule has 0 aliphatic carbocycles. The van der Waals surface area contributed by atoms with Crippen molar-refractivity contribution in [3.05, 3.63) is 58.6 Å². The third-order valence-corrected chi connectivity index (χ3v) is 3.31. The van der Waals surface area contributed by atoms with Crippen molar-refractivity contribution < 1.29 is 9.90 Å². The summed E-state index contributed by atoms with van der Waals surface area (Å²) in [5.41, 5.74) is 1.59. The number of para-hydroxylation sites is 1. The number of benzene rings is 2. The number of alkyl halides is 1. The molecule has 0 aliphatic heterocycles. The standard InChI is InChI=1S/C15H13Cl2NO2/c1-9(16)11-4-2-3-5-13(11)18-15(20)12-7-6-10(17)8-14(12)19/h2-9,19H,1H3,(H,18,20). The summed E-state index contributed by atoms with van der Waals surface area (Å²) in [6.07, 6.45) is 0. The quantitative estimate of drug-likeness (QED) is 0.814. The van der Waals surface area contributed by atoms with E-state index in [2.05, 4.69) is 5.32 Å². The number of anilines is 1. The molecule has 0 aliphatic rings. The lowest BCUT2D eigenvalue weighted by atomic mass is 10.1. The van der Waals surface area contributed by atoms with Crippen LogP contribution >= 0.6 is 23.2 Å². The number of phenols is 1.